The van der Waals surface area contributed by atoms with E-state index in [0.29, 0.717) is 0 Å². The van der Waals surface area contributed by atoms with Crippen molar-refractivity contribution < 1.29 is 4.57 Å². The SMILES string of the molecule is CC(C)NP1(=O)c2ccccc2C(c2ccccc2)=C(c2ccccc2)N1C(C)C. The third-order valence-electron chi connectivity index (χ3n) is 5.30. The summed E-state index contributed by atoms with van der Waals surface area (Å²) in [5, 5.41) is 4.35. The lowest BCUT2D eigenvalue weighted by Crippen LogP contribution is -2.43. The van der Waals surface area contributed by atoms with Gasteiger partial charge in [0.15, 0.2) is 0 Å². The van der Waals surface area contributed by atoms with Crippen molar-refractivity contribution in [2.75, 3.05) is 0 Å². The van der Waals surface area contributed by atoms with Crippen molar-refractivity contribution in [1.82, 2.24) is 9.76 Å². The van der Waals surface area contributed by atoms with Crippen molar-refractivity contribution in [2.24, 2.45) is 0 Å². The first-order chi connectivity index (χ1) is 14.4. The minimum atomic E-state index is -3.08. The van der Waals surface area contributed by atoms with E-state index in [1.807, 2.05) is 42.5 Å². The zero-order valence-electron chi connectivity index (χ0n) is 18.0. The van der Waals surface area contributed by atoms with Gasteiger partial charge in [-0.2, -0.15) is 0 Å². The van der Waals surface area contributed by atoms with Crippen molar-refractivity contribution in [1.29, 1.82) is 0 Å². The molecular weight excluding hydrogens is 387 g/mol. The van der Waals surface area contributed by atoms with Crippen molar-refractivity contribution in [3.05, 3.63) is 102 Å². The summed E-state index contributed by atoms with van der Waals surface area (Å²) in [6, 6.07) is 29.1. The summed E-state index contributed by atoms with van der Waals surface area (Å²) in [6.07, 6.45) is 0. The topological polar surface area (TPSA) is 32.3 Å². The number of nitrogens with one attached hydrogen (secondary N) is 1. The minimum Gasteiger partial charge on any atom is -0.304 e. The number of nitrogens with zero attached hydrogens (tertiary/aromatic N) is 1. The molecule has 1 aliphatic rings. The zero-order chi connectivity index (χ0) is 21.3. The molecule has 0 radical (unpaired) electrons. The first-order valence-electron chi connectivity index (χ1n) is 10.6. The molecule has 154 valence electrons. The number of hydrogen-bond acceptors (Lipinski definition) is 1. The van der Waals surface area contributed by atoms with Crippen LogP contribution in [0, 0.1) is 0 Å². The second-order valence-electron chi connectivity index (χ2n) is 8.27. The highest BCUT2D eigenvalue weighted by Crippen LogP contribution is 2.57. The molecular formula is C26H29N2OP. The summed E-state index contributed by atoms with van der Waals surface area (Å²) < 4.78 is 16.9. The van der Waals surface area contributed by atoms with Crippen LogP contribution in [-0.4, -0.2) is 16.8 Å². The van der Waals surface area contributed by atoms with Gasteiger partial charge in [0.25, 0.3) is 7.44 Å². The van der Waals surface area contributed by atoms with E-state index in [0.717, 1.165) is 33.3 Å². The molecule has 30 heavy (non-hydrogen) atoms. The van der Waals surface area contributed by atoms with Gasteiger partial charge in [0.2, 0.25) is 0 Å². The Morgan fingerprint density at radius 3 is 1.83 bits per heavy atom. The molecule has 1 heterocycles. The summed E-state index contributed by atoms with van der Waals surface area (Å²) in [5.74, 6) is 0. The molecule has 0 spiro atoms. The monoisotopic (exact) mass is 416 g/mol. The van der Waals surface area contributed by atoms with E-state index in [-0.39, 0.29) is 12.1 Å². The Hall–Kier alpha value is -2.61. The molecule has 0 fully saturated rings. The van der Waals surface area contributed by atoms with Crippen molar-refractivity contribution in [3.63, 3.8) is 0 Å². The van der Waals surface area contributed by atoms with Crippen LogP contribution >= 0.6 is 7.44 Å². The lowest BCUT2D eigenvalue weighted by atomic mass is 9.92. The second kappa shape index (κ2) is 8.26. The van der Waals surface area contributed by atoms with Crippen LogP contribution in [0.1, 0.15) is 44.4 Å². The number of rotatable bonds is 5. The van der Waals surface area contributed by atoms with Crippen molar-refractivity contribution in [3.8, 4) is 0 Å². The van der Waals surface area contributed by atoms with Gasteiger partial charge in [0, 0.05) is 17.7 Å². The first kappa shape index (κ1) is 20.7. The Labute approximate surface area is 179 Å². The third kappa shape index (κ3) is 3.53. The van der Waals surface area contributed by atoms with Crippen LogP contribution in [-0.2, 0) is 4.57 Å². The van der Waals surface area contributed by atoms with Crippen LogP contribution < -0.4 is 10.4 Å². The van der Waals surface area contributed by atoms with Gasteiger partial charge >= 0.3 is 0 Å². The molecule has 0 aliphatic carbocycles. The number of benzene rings is 3. The van der Waals surface area contributed by atoms with Crippen LogP contribution in [0.3, 0.4) is 0 Å². The van der Waals surface area contributed by atoms with Gasteiger partial charge < -0.3 is 4.67 Å². The maximum atomic E-state index is 14.8. The van der Waals surface area contributed by atoms with Gasteiger partial charge in [-0.1, -0.05) is 78.9 Å². The summed E-state index contributed by atoms with van der Waals surface area (Å²) in [4.78, 5) is 0. The molecule has 0 bridgehead atoms. The fraction of sp³-hybridized carbons (Fsp3) is 0.231. The van der Waals surface area contributed by atoms with Crippen LogP contribution in [0.25, 0.3) is 11.3 Å². The first-order valence-corrected chi connectivity index (χ1v) is 12.2. The van der Waals surface area contributed by atoms with E-state index in [9.17, 15) is 4.57 Å². The Bertz CT molecular complexity index is 1100. The van der Waals surface area contributed by atoms with E-state index >= 15 is 0 Å². The predicted molar refractivity (Wildman–Crippen MR) is 128 cm³/mol. The Kier molecular flexibility index (Phi) is 5.69. The van der Waals surface area contributed by atoms with E-state index < -0.39 is 7.44 Å². The Morgan fingerprint density at radius 1 is 0.733 bits per heavy atom. The van der Waals surface area contributed by atoms with Crippen molar-refractivity contribution >= 4 is 24.0 Å². The zero-order valence-corrected chi connectivity index (χ0v) is 18.9. The lowest BCUT2D eigenvalue weighted by molar-refractivity contribution is 0.446. The van der Waals surface area contributed by atoms with Gasteiger partial charge in [-0.25, -0.2) is 5.09 Å². The fourth-order valence-electron chi connectivity index (χ4n) is 4.28. The van der Waals surface area contributed by atoms with E-state index in [1.54, 1.807) is 0 Å². The molecule has 0 aromatic heterocycles. The van der Waals surface area contributed by atoms with Gasteiger partial charge in [-0.15, -0.1) is 0 Å². The van der Waals surface area contributed by atoms with E-state index in [4.69, 9.17) is 0 Å². The molecule has 4 heteroatoms. The van der Waals surface area contributed by atoms with Crippen LogP contribution in [0.15, 0.2) is 84.9 Å². The molecule has 0 amide bonds. The quantitative estimate of drug-likeness (QED) is 0.507. The number of hydrogen-bond donors (Lipinski definition) is 1. The lowest BCUT2D eigenvalue weighted by Gasteiger charge is -2.45. The predicted octanol–water partition coefficient (Wildman–Crippen LogP) is 6.14. The molecule has 3 nitrogen and oxygen atoms in total. The molecule has 0 saturated carbocycles. The highest BCUT2D eigenvalue weighted by Gasteiger charge is 2.44. The molecule has 1 N–H and O–H groups in total. The van der Waals surface area contributed by atoms with Gasteiger partial charge in [0.1, 0.15) is 0 Å². The summed E-state index contributed by atoms with van der Waals surface area (Å²) in [7, 11) is -3.08. The largest absolute Gasteiger partial charge is 0.304 e. The molecule has 4 rings (SSSR count). The average Bonchev–Trinajstić information content (AvgIpc) is 2.74. The molecule has 0 saturated heterocycles. The van der Waals surface area contributed by atoms with Gasteiger partial charge in [-0.3, -0.25) is 4.57 Å². The molecule has 3 aromatic rings. The molecule has 1 unspecified atom stereocenters. The maximum absolute atomic E-state index is 14.8. The van der Waals surface area contributed by atoms with Crippen LogP contribution in [0.2, 0.25) is 0 Å². The molecule has 1 atom stereocenters. The van der Waals surface area contributed by atoms with E-state index in [1.165, 1.54) is 0 Å². The molecule has 1 aliphatic heterocycles. The summed E-state index contributed by atoms with van der Waals surface area (Å²) >= 11 is 0. The Balaban J connectivity index is 2.15. The third-order valence-corrected chi connectivity index (χ3v) is 8.48. The smallest absolute Gasteiger partial charge is 0.267 e. The summed E-state index contributed by atoms with van der Waals surface area (Å²) in [6.45, 7) is 8.35. The highest BCUT2D eigenvalue weighted by atomic mass is 31.2. The van der Waals surface area contributed by atoms with Gasteiger partial charge in [0.05, 0.1) is 11.0 Å². The maximum Gasteiger partial charge on any atom is 0.267 e. The Morgan fingerprint density at radius 2 is 1.27 bits per heavy atom. The standard InChI is InChI=1S/C26H29N2OP/c1-19(2)27-30(29)24-18-12-11-17-23(24)25(21-13-7-5-8-14-21)26(28(30)20(3)4)22-15-9-6-10-16-22/h5-20H,1-4H3,(H,27,29). The summed E-state index contributed by atoms with van der Waals surface area (Å²) in [5.41, 5.74) is 5.39. The second-order valence-corrected chi connectivity index (χ2v) is 10.6. The fourth-order valence-corrected chi connectivity index (χ4v) is 7.43. The van der Waals surface area contributed by atoms with Crippen LogP contribution in [0.4, 0.5) is 0 Å². The van der Waals surface area contributed by atoms with E-state index in [2.05, 4.69) is 79.9 Å². The van der Waals surface area contributed by atoms with Gasteiger partial charge in [-0.05, 0) is 50.5 Å². The average molecular weight is 417 g/mol. The normalized spacial score (nSPS) is 18.8. The van der Waals surface area contributed by atoms with Crippen LogP contribution in [0.5, 0.6) is 0 Å². The molecule has 3 aromatic carbocycles. The highest BCUT2D eigenvalue weighted by molar-refractivity contribution is 7.68. The van der Waals surface area contributed by atoms with Crippen molar-refractivity contribution in [2.45, 2.75) is 39.8 Å². The number of fused-ring (bicyclic) bond motifs is 1. The minimum absolute atomic E-state index is 0.0457.